The highest BCUT2D eigenvalue weighted by Crippen LogP contribution is 2.27. The van der Waals surface area contributed by atoms with E-state index >= 15 is 0 Å². The van der Waals surface area contributed by atoms with E-state index in [2.05, 4.69) is 0 Å². The summed E-state index contributed by atoms with van der Waals surface area (Å²) in [6.45, 7) is 4.54. The predicted molar refractivity (Wildman–Crippen MR) is 90.7 cm³/mol. The predicted octanol–water partition coefficient (Wildman–Crippen LogP) is 1.25. The molecule has 2 rings (SSSR count). The van der Waals surface area contributed by atoms with Crippen molar-refractivity contribution < 1.29 is 15.0 Å². The van der Waals surface area contributed by atoms with Gasteiger partial charge in [0.25, 0.3) is 5.91 Å². The Morgan fingerprint density at radius 1 is 1.35 bits per heavy atom. The summed E-state index contributed by atoms with van der Waals surface area (Å²) < 4.78 is 0. The Bertz CT molecular complexity index is 553. The van der Waals surface area contributed by atoms with Crippen molar-refractivity contribution in [3.63, 3.8) is 0 Å². The maximum atomic E-state index is 12.8. The summed E-state index contributed by atoms with van der Waals surface area (Å²) in [7, 11) is 1.94. The van der Waals surface area contributed by atoms with Crippen molar-refractivity contribution in [2.45, 2.75) is 6.92 Å². The van der Waals surface area contributed by atoms with E-state index in [0.29, 0.717) is 30.2 Å². The number of hydrogen-bond acceptors (Lipinski definition) is 4. The van der Waals surface area contributed by atoms with Crippen molar-refractivity contribution in [1.82, 2.24) is 9.80 Å². The summed E-state index contributed by atoms with van der Waals surface area (Å²) >= 11 is 6.11. The number of aliphatic hydroxyl groups is 2. The maximum Gasteiger partial charge on any atom is 0.254 e. The first-order valence-electron chi connectivity index (χ1n) is 7.92. The fraction of sp³-hybridized carbons (Fsp3) is 0.588. The second-order valence-electron chi connectivity index (χ2n) is 6.31. The Morgan fingerprint density at radius 3 is 2.70 bits per heavy atom. The van der Waals surface area contributed by atoms with E-state index in [4.69, 9.17) is 16.7 Å². The SMILES string of the molecule is Cc1c(Cl)cccc1C(=O)N1C[C@@H](CN(C)CCO)[C@@H](CO)C1. The molecule has 2 atom stereocenters. The number of benzene rings is 1. The number of amides is 1. The number of hydrogen-bond donors (Lipinski definition) is 2. The molecule has 5 nitrogen and oxygen atoms in total. The van der Waals surface area contributed by atoms with Gasteiger partial charge >= 0.3 is 0 Å². The van der Waals surface area contributed by atoms with Crippen LogP contribution >= 0.6 is 11.6 Å². The van der Waals surface area contributed by atoms with Gasteiger partial charge in [-0.05, 0) is 37.6 Å². The van der Waals surface area contributed by atoms with Crippen molar-refractivity contribution in [3.05, 3.63) is 34.3 Å². The molecule has 2 N–H and O–H groups in total. The van der Waals surface area contributed by atoms with Crippen LogP contribution in [0.4, 0.5) is 0 Å². The summed E-state index contributed by atoms with van der Waals surface area (Å²) in [5, 5.41) is 19.2. The molecule has 0 unspecified atom stereocenters. The van der Waals surface area contributed by atoms with Crippen LogP contribution in [0.3, 0.4) is 0 Å². The van der Waals surface area contributed by atoms with E-state index in [1.54, 1.807) is 23.1 Å². The summed E-state index contributed by atoms with van der Waals surface area (Å²) in [6, 6.07) is 5.36. The second kappa shape index (κ2) is 8.11. The molecule has 0 spiro atoms. The van der Waals surface area contributed by atoms with Gasteiger partial charge in [-0.3, -0.25) is 4.79 Å². The minimum atomic E-state index is -0.0317. The minimum Gasteiger partial charge on any atom is -0.396 e. The van der Waals surface area contributed by atoms with Gasteiger partial charge in [-0.15, -0.1) is 0 Å². The van der Waals surface area contributed by atoms with Gasteiger partial charge < -0.3 is 20.0 Å². The van der Waals surface area contributed by atoms with Crippen LogP contribution in [0.5, 0.6) is 0 Å². The number of carbonyl (C=O) groups excluding carboxylic acids is 1. The molecule has 0 bridgehead atoms. The second-order valence-corrected chi connectivity index (χ2v) is 6.72. The lowest BCUT2D eigenvalue weighted by molar-refractivity contribution is 0.0778. The lowest BCUT2D eigenvalue weighted by Crippen LogP contribution is -2.33. The minimum absolute atomic E-state index is 0.0317. The number of carbonyl (C=O) groups is 1. The van der Waals surface area contributed by atoms with E-state index in [1.807, 2.05) is 18.9 Å². The van der Waals surface area contributed by atoms with Crippen LogP contribution in [0.2, 0.25) is 5.02 Å². The quantitative estimate of drug-likeness (QED) is 0.818. The number of likely N-dealkylation sites (tertiary alicyclic amines) is 1. The van der Waals surface area contributed by atoms with Gasteiger partial charge in [0.05, 0.1) is 6.61 Å². The lowest BCUT2D eigenvalue weighted by Gasteiger charge is -2.23. The van der Waals surface area contributed by atoms with E-state index in [1.165, 1.54) is 0 Å². The fourth-order valence-electron chi connectivity index (χ4n) is 3.19. The average molecular weight is 341 g/mol. The highest BCUT2D eigenvalue weighted by molar-refractivity contribution is 6.31. The van der Waals surface area contributed by atoms with Gasteiger partial charge in [0, 0.05) is 49.3 Å². The van der Waals surface area contributed by atoms with Crippen molar-refractivity contribution in [1.29, 1.82) is 0 Å². The molecule has 0 saturated carbocycles. The Hall–Kier alpha value is -1.14. The molecule has 1 amide bonds. The van der Waals surface area contributed by atoms with Crippen LogP contribution in [0.15, 0.2) is 18.2 Å². The van der Waals surface area contributed by atoms with Crippen molar-refractivity contribution in [2.75, 3.05) is 46.4 Å². The molecule has 1 heterocycles. The molecule has 0 radical (unpaired) electrons. The van der Waals surface area contributed by atoms with Crippen LogP contribution in [0.25, 0.3) is 0 Å². The topological polar surface area (TPSA) is 64.0 Å². The van der Waals surface area contributed by atoms with E-state index in [0.717, 1.165) is 12.1 Å². The molecule has 0 aromatic heterocycles. The zero-order valence-electron chi connectivity index (χ0n) is 13.7. The van der Waals surface area contributed by atoms with Gasteiger partial charge in [-0.1, -0.05) is 17.7 Å². The molecule has 1 aromatic rings. The molecule has 23 heavy (non-hydrogen) atoms. The number of aliphatic hydroxyl groups excluding tert-OH is 2. The van der Waals surface area contributed by atoms with Crippen molar-refractivity contribution in [2.24, 2.45) is 11.8 Å². The molecule has 6 heteroatoms. The average Bonchev–Trinajstić information content (AvgIpc) is 2.92. The Labute approximate surface area is 142 Å². The van der Waals surface area contributed by atoms with Crippen molar-refractivity contribution in [3.8, 4) is 0 Å². The summed E-state index contributed by atoms with van der Waals surface area (Å²) in [6.07, 6.45) is 0. The van der Waals surface area contributed by atoms with Crippen LogP contribution in [0.1, 0.15) is 15.9 Å². The maximum absolute atomic E-state index is 12.8. The Balaban J connectivity index is 2.09. The molecule has 1 fully saturated rings. The molecule has 1 aromatic carbocycles. The third-order valence-electron chi connectivity index (χ3n) is 4.62. The van der Waals surface area contributed by atoms with E-state index in [9.17, 15) is 9.90 Å². The summed E-state index contributed by atoms with van der Waals surface area (Å²) in [5.74, 6) is 0.246. The van der Waals surface area contributed by atoms with Crippen LogP contribution < -0.4 is 0 Å². The van der Waals surface area contributed by atoms with Gasteiger partial charge in [0.2, 0.25) is 0 Å². The molecule has 1 aliphatic rings. The van der Waals surface area contributed by atoms with Crippen LogP contribution in [0, 0.1) is 18.8 Å². The molecule has 0 aliphatic carbocycles. The third-order valence-corrected chi connectivity index (χ3v) is 5.03. The number of likely N-dealkylation sites (N-methyl/N-ethyl adjacent to an activating group) is 1. The fourth-order valence-corrected chi connectivity index (χ4v) is 3.36. The lowest BCUT2D eigenvalue weighted by atomic mass is 9.96. The molecule has 1 saturated heterocycles. The number of rotatable bonds is 6. The number of nitrogens with zero attached hydrogens (tertiary/aromatic N) is 2. The first kappa shape index (κ1) is 18.2. The van der Waals surface area contributed by atoms with E-state index < -0.39 is 0 Å². The highest BCUT2D eigenvalue weighted by atomic mass is 35.5. The van der Waals surface area contributed by atoms with E-state index in [-0.39, 0.29) is 31.0 Å². The normalized spacial score (nSPS) is 21.2. The summed E-state index contributed by atoms with van der Waals surface area (Å²) in [5.41, 5.74) is 1.42. The first-order valence-corrected chi connectivity index (χ1v) is 8.30. The number of halogens is 1. The largest absolute Gasteiger partial charge is 0.396 e. The van der Waals surface area contributed by atoms with Gasteiger partial charge in [-0.2, -0.15) is 0 Å². The summed E-state index contributed by atoms with van der Waals surface area (Å²) in [4.78, 5) is 16.6. The van der Waals surface area contributed by atoms with Gasteiger partial charge in [0.15, 0.2) is 0 Å². The molecular weight excluding hydrogens is 316 g/mol. The smallest absolute Gasteiger partial charge is 0.254 e. The first-order chi connectivity index (χ1) is 11.0. The zero-order valence-corrected chi connectivity index (χ0v) is 14.5. The zero-order chi connectivity index (χ0) is 17.0. The monoisotopic (exact) mass is 340 g/mol. The van der Waals surface area contributed by atoms with Crippen LogP contribution in [-0.4, -0.2) is 72.4 Å². The highest BCUT2D eigenvalue weighted by Gasteiger charge is 2.36. The molecule has 1 aliphatic heterocycles. The molecule has 128 valence electrons. The standard InChI is InChI=1S/C17H25ClN2O3/c1-12-15(4-3-5-16(12)18)17(23)20-9-13(14(10-20)11-22)8-19(2)6-7-21/h3-5,13-14,21-22H,6-11H2,1-2H3/t13-,14-/m1/s1. The van der Waals surface area contributed by atoms with Gasteiger partial charge in [0.1, 0.15) is 0 Å². The van der Waals surface area contributed by atoms with Crippen molar-refractivity contribution >= 4 is 17.5 Å². The van der Waals surface area contributed by atoms with Crippen LogP contribution in [-0.2, 0) is 0 Å². The Kier molecular flexibility index (Phi) is 6.41. The van der Waals surface area contributed by atoms with Gasteiger partial charge in [-0.25, -0.2) is 0 Å². The third kappa shape index (κ3) is 4.23. The molecular formula is C17H25ClN2O3. The Morgan fingerprint density at radius 2 is 2.04 bits per heavy atom.